The Morgan fingerprint density at radius 2 is 1.81 bits per heavy atom. The number of carbonyl (C=O) groups is 1. The molecule has 1 aliphatic heterocycles. The number of aryl methyl sites for hydroxylation is 1. The normalized spacial score (nSPS) is 15.4. The van der Waals surface area contributed by atoms with Crippen molar-refractivity contribution >= 4 is 16.9 Å². The zero-order valence-electron chi connectivity index (χ0n) is 18.2. The van der Waals surface area contributed by atoms with Gasteiger partial charge in [0.25, 0.3) is 0 Å². The second-order valence-corrected chi connectivity index (χ2v) is 8.82. The van der Waals surface area contributed by atoms with E-state index in [0.717, 1.165) is 55.0 Å². The molecule has 31 heavy (non-hydrogen) atoms. The minimum atomic E-state index is -0.193. The standard InChI is InChI=1S/C25H32N4O2/c1-18-11-13-29(14-12-18)17-21-7-3-2-6-20(21)16-26-24(30)8-4-5-19-9-10-22-23(15-19)28-25(31)27-22/h2-3,6-7,9-10,15,18H,4-5,8,11-14,16-17H2,1H3,(H,26,30)(H2,27,28,31). The van der Waals surface area contributed by atoms with Gasteiger partial charge in [-0.3, -0.25) is 9.69 Å². The predicted molar refractivity (Wildman–Crippen MR) is 124 cm³/mol. The van der Waals surface area contributed by atoms with Crippen LogP contribution in [0, 0.1) is 5.92 Å². The van der Waals surface area contributed by atoms with Crippen LogP contribution in [0.4, 0.5) is 0 Å². The van der Waals surface area contributed by atoms with E-state index in [2.05, 4.69) is 45.3 Å². The van der Waals surface area contributed by atoms with Crippen LogP contribution in [0.5, 0.6) is 0 Å². The minimum absolute atomic E-state index is 0.0812. The second-order valence-electron chi connectivity index (χ2n) is 8.82. The first kappa shape index (κ1) is 21.4. The lowest BCUT2D eigenvalue weighted by Crippen LogP contribution is -2.33. The van der Waals surface area contributed by atoms with Gasteiger partial charge in [0.15, 0.2) is 0 Å². The largest absolute Gasteiger partial charge is 0.352 e. The van der Waals surface area contributed by atoms with E-state index in [9.17, 15) is 9.59 Å². The van der Waals surface area contributed by atoms with Crippen LogP contribution in [0.2, 0.25) is 0 Å². The number of hydrogen-bond acceptors (Lipinski definition) is 3. The second kappa shape index (κ2) is 9.96. The number of rotatable bonds is 8. The number of hydrogen-bond donors (Lipinski definition) is 3. The first-order chi connectivity index (χ1) is 15.1. The highest BCUT2D eigenvalue weighted by molar-refractivity contribution is 5.76. The van der Waals surface area contributed by atoms with Gasteiger partial charge in [0.2, 0.25) is 5.91 Å². The summed E-state index contributed by atoms with van der Waals surface area (Å²) in [5, 5.41) is 3.09. The lowest BCUT2D eigenvalue weighted by atomic mass is 9.98. The highest BCUT2D eigenvalue weighted by Crippen LogP contribution is 2.20. The summed E-state index contributed by atoms with van der Waals surface area (Å²) in [7, 11) is 0. The van der Waals surface area contributed by atoms with Gasteiger partial charge in [0, 0.05) is 19.5 Å². The van der Waals surface area contributed by atoms with Gasteiger partial charge < -0.3 is 15.3 Å². The van der Waals surface area contributed by atoms with Crippen LogP contribution < -0.4 is 11.0 Å². The van der Waals surface area contributed by atoms with E-state index < -0.39 is 0 Å². The molecule has 3 N–H and O–H groups in total. The Bertz CT molecular complexity index is 1080. The predicted octanol–water partition coefficient (Wildman–Crippen LogP) is 3.73. The molecule has 6 nitrogen and oxygen atoms in total. The molecule has 1 saturated heterocycles. The molecule has 164 valence electrons. The van der Waals surface area contributed by atoms with Crippen molar-refractivity contribution in [2.24, 2.45) is 5.92 Å². The molecule has 0 unspecified atom stereocenters. The third kappa shape index (κ3) is 5.85. The molecule has 0 saturated carbocycles. The van der Waals surface area contributed by atoms with E-state index in [-0.39, 0.29) is 11.6 Å². The van der Waals surface area contributed by atoms with Gasteiger partial charge in [-0.25, -0.2) is 4.79 Å². The van der Waals surface area contributed by atoms with Crippen molar-refractivity contribution < 1.29 is 4.79 Å². The first-order valence-corrected chi connectivity index (χ1v) is 11.3. The summed E-state index contributed by atoms with van der Waals surface area (Å²) in [5.74, 6) is 0.913. The number of imidazole rings is 1. The topological polar surface area (TPSA) is 81.0 Å². The summed E-state index contributed by atoms with van der Waals surface area (Å²) in [6.45, 7) is 6.19. The molecule has 0 atom stereocenters. The van der Waals surface area contributed by atoms with Crippen molar-refractivity contribution in [3.63, 3.8) is 0 Å². The molecule has 1 aromatic heterocycles. The molecule has 6 heteroatoms. The van der Waals surface area contributed by atoms with E-state index in [1.54, 1.807) is 0 Å². The minimum Gasteiger partial charge on any atom is -0.352 e. The maximum absolute atomic E-state index is 12.4. The van der Waals surface area contributed by atoms with Crippen molar-refractivity contribution in [1.29, 1.82) is 0 Å². The van der Waals surface area contributed by atoms with Crippen molar-refractivity contribution in [3.8, 4) is 0 Å². The number of likely N-dealkylation sites (tertiary alicyclic amines) is 1. The van der Waals surface area contributed by atoms with E-state index in [4.69, 9.17) is 0 Å². The fourth-order valence-electron chi connectivity index (χ4n) is 4.32. The summed E-state index contributed by atoms with van der Waals surface area (Å²) >= 11 is 0. The van der Waals surface area contributed by atoms with Crippen LogP contribution in [0.3, 0.4) is 0 Å². The molecular weight excluding hydrogens is 388 g/mol. The molecule has 0 radical (unpaired) electrons. The number of aromatic amines is 2. The molecular formula is C25H32N4O2. The molecule has 0 bridgehead atoms. The molecule has 1 fully saturated rings. The average Bonchev–Trinajstić information content (AvgIpc) is 3.14. The lowest BCUT2D eigenvalue weighted by Gasteiger charge is -2.30. The smallest absolute Gasteiger partial charge is 0.323 e. The Kier molecular flexibility index (Phi) is 6.87. The number of amides is 1. The fraction of sp³-hybridized carbons (Fsp3) is 0.440. The van der Waals surface area contributed by atoms with Crippen molar-refractivity contribution in [3.05, 3.63) is 69.6 Å². The molecule has 1 amide bonds. The Balaban J connectivity index is 1.24. The summed E-state index contributed by atoms with van der Waals surface area (Å²) in [4.78, 5) is 31.8. The average molecular weight is 421 g/mol. The Morgan fingerprint density at radius 1 is 1.06 bits per heavy atom. The highest BCUT2D eigenvalue weighted by Gasteiger charge is 2.16. The molecule has 3 aromatic rings. The number of nitrogens with one attached hydrogen (secondary N) is 3. The summed E-state index contributed by atoms with van der Waals surface area (Å²) < 4.78 is 0. The van der Waals surface area contributed by atoms with E-state index in [1.807, 2.05) is 24.3 Å². The van der Waals surface area contributed by atoms with Crippen molar-refractivity contribution in [1.82, 2.24) is 20.2 Å². The Hall–Kier alpha value is -2.86. The first-order valence-electron chi connectivity index (χ1n) is 11.3. The Morgan fingerprint density at radius 3 is 2.61 bits per heavy atom. The zero-order valence-corrected chi connectivity index (χ0v) is 18.2. The van der Waals surface area contributed by atoms with Gasteiger partial charge in [-0.05, 0) is 73.5 Å². The summed E-state index contributed by atoms with van der Waals surface area (Å²) in [6, 6.07) is 14.3. The quantitative estimate of drug-likeness (QED) is 0.519. The van der Waals surface area contributed by atoms with Crippen LogP contribution >= 0.6 is 0 Å². The maximum Gasteiger partial charge on any atom is 0.323 e. The SMILES string of the molecule is CC1CCN(Cc2ccccc2CNC(=O)CCCc2ccc3[nH]c(=O)[nH]c3c2)CC1. The van der Waals surface area contributed by atoms with Crippen LogP contribution in [0.15, 0.2) is 47.3 Å². The Labute approximate surface area is 183 Å². The van der Waals surface area contributed by atoms with Gasteiger partial charge in [0.05, 0.1) is 11.0 Å². The number of carbonyl (C=O) groups excluding carboxylic acids is 1. The third-order valence-electron chi connectivity index (χ3n) is 6.31. The molecule has 2 aromatic carbocycles. The number of H-pyrrole nitrogens is 2. The van der Waals surface area contributed by atoms with E-state index in [0.29, 0.717) is 13.0 Å². The van der Waals surface area contributed by atoms with E-state index in [1.165, 1.54) is 24.0 Å². The molecule has 1 aliphatic rings. The molecule has 2 heterocycles. The maximum atomic E-state index is 12.4. The van der Waals surface area contributed by atoms with Gasteiger partial charge in [-0.2, -0.15) is 0 Å². The van der Waals surface area contributed by atoms with Crippen LogP contribution in [0.1, 0.15) is 49.3 Å². The fourth-order valence-corrected chi connectivity index (χ4v) is 4.32. The van der Waals surface area contributed by atoms with Gasteiger partial charge in [-0.15, -0.1) is 0 Å². The number of benzene rings is 2. The number of nitrogens with zero attached hydrogens (tertiary/aromatic N) is 1. The van der Waals surface area contributed by atoms with Crippen LogP contribution in [0.25, 0.3) is 11.0 Å². The van der Waals surface area contributed by atoms with Gasteiger partial charge >= 0.3 is 5.69 Å². The lowest BCUT2D eigenvalue weighted by molar-refractivity contribution is -0.121. The molecule has 0 aliphatic carbocycles. The molecule has 4 rings (SSSR count). The summed E-state index contributed by atoms with van der Waals surface area (Å²) in [5.41, 5.74) is 5.07. The third-order valence-corrected chi connectivity index (χ3v) is 6.31. The van der Waals surface area contributed by atoms with Crippen molar-refractivity contribution in [2.75, 3.05) is 13.1 Å². The van der Waals surface area contributed by atoms with Crippen LogP contribution in [-0.2, 0) is 24.3 Å². The van der Waals surface area contributed by atoms with Gasteiger partial charge in [0.1, 0.15) is 0 Å². The van der Waals surface area contributed by atoms with Crippen molar-refractivity contribution in [2.45, 2.75) is 52.1 Å². The summed E-state index contributed by atoms with van der Waals surface area (Å²) in [6.07, 6.45) is 4.62. The van der Waals surface area contributed by atoms with E-state index >= 15 is 0 Å². The number of fused-ring (bicyclic) bond motifs is 1. The number of piperidine rings is 1. The monoisotopic (exact) mass is 420 g/mol. The molecule has 0 spiro atoms. The van der Waals surface area contributed by atoms with Gasteiger partial charge in [-0.1, -0.05) is 37.3 Å². The highest BCUT2D eigenvalue weighted by atomic mass is 16.1. The van der Waals surface area contributed by atoms with Crippen LogP contribution in [-0.4, -0.2) is 33.9 Å². The zero-order chi connectivity index (χ0) is 21.6. The number of aromatic nitrogens is 2.